The maximum atomic E-state index is 13.5. The van der Waals surface area contributed by atoms with Gasteiger partial charge in [-0.05, 0) is 55.4 Å². The van der Waals surface area contributed by atoms with E-state index in [1.807, 2.05) is 18.7 Å². The van der Waals surface area contributed by atoms with Crippen LogP contribution in [0.25, 0.3) is 0 Å². The maximum absolute atomic E-state index is 13.5. The summed E-state index contributed by atoms with van der Waals surface area (Å²) in [6.07, 6.45) is 3.91. The molecule has 5 rings (SSSR count). The fraction of sp³-hybridized carbons (Fsp3) is 0.480. The van der Waals surface area contributed by atoms with E-state index in [-0.39, 0.29) is 42.4 Å². The summed E-state index contributed by atoms with van der Waals surface area (Å²) in [5.74, 6) is 0.0164. The number of amides is 2. The van der Waals surface area contributed by atoms with Crippen LogP contribution in [0.3, 0.4) is 0 Å². The van der Waals surface area contributed by atoms with E-state index < -0.39 is 23.0 Å². The number of nitrogens with zero attached hydrogens (tertiary/aromatic N) is 3. The lowest BCUT2D eigenvalue weighted by molar-refractivity contribution is 0.0236. The third kappa shape index (κ3) is 4.74. The highest BCUT2D eigenvalue weighted by molar-refractivity contribution is 7.99. The molecule has 192 valence electrons. The van der Waals surface area contributed by atoms with Crippen molar-refractivity contribution in [2.24, 2.45) is 0 Å². The minimum absolute atomic E-state index is 0.0834. The topological polar surface area (TPSA) is 107 Å². The molecule has 1 aromatic carbocycles. The Bertz CT molecular complexity index is 1210. The zero-order valence-electron chi connectivity index (χ0n) is 20.1. The van der Waals surface area contributed by atoms with Crippen molar-refractivity contribution < 1.29 is 19.1 Å². The smallest absolute Gasteiger partial charge is 0.276 e. The molecule has 2 atom stereocenters. The highest BCUT2D eigenvalue weighted by atomic mass is 32.2. The van der Waals surface area contributed by atoms with E-state index in [0.29, 0.717) is 11.6 Å². The van der Waals surface area contributed by atoms with Crippen molar-refractivity contribution in [2.75, 3.05) is 18.1 Å². The van der Waals surface area contributed by atoms with E-state index in [2.05, 4.69) is 15.8 Å². The molecule has 3 aliphatic heterocycles. The number of hydrogen-bond acceptors (Lipinski definition) is 7. The van der Waals surface area contributed by atoms with Crippen molar-refractivity contribution in [3.63, 3.8) is 0 Å². The molecule has 2 aromatic rings. The number of aromatic nitrogens is 1. The Hall–Kier alpha value is -2.89. The molecule has 0 aliphatic carbocycles. The van der Waals surface area contributed by atoms with Gasteiger partial charge in [0.2, 0.25) is 5.43 Å². The van der Waals surface area contributed by atoms with Crippen LogP contribution in [0, 0.1) is 5.82 Å². The molecule has 4 heterocycles. The number of pyridine rings is 1. The molecule has 2 amide bonds. The zero-order chi connectivity index (χ0) is 25.4. The summed E-state index contributed by atoms with van der Waals surface area (Å²) in [4.78, 5) is 40.9. The van der Waals surface area contributed by atoms with Crippen molar-refractivity contribution in [1.29, 1.82) is 0 Å². The van der Waals surface area contributed by atoms with Gasteiger partial charge >= 0.3 is 0 Å². The summed E-state index contributed by atoms with van der Waals surface area (Å²) >= 11 is 1.96. The molecule has 2 fully saturated rings. The number of hydrazine groups is 1. The van der Waals surface area contributed by atoms with E-state index in [0.717, 1.165) is 37.3 Å². The number of thioether (sulfide) groups is 1. The van der Waals surface area contributed by atoms with Gasteiger partial charge in [0, 0.05) is 31.4 Å². The molecule has 0 radical (unpaired) electrons. The average Bonchev–Trinajstić information content (AvgIpc) is 3.04. The second kappa shape index (κ2) is 10.2. The molecule has 9 nitrogen and oxygen atoms in total. The first-order valence-corrected chi connectivity index (χ1v) is 13.4. The summed E-state index contributed by atoms with van der Waals surface area (Å²) in [6, 6.07) is 5.96. The Morgan fingerprint density at radius 1 is 1.19 bits per heavy atom. The first-order valence-electron chi connectivity index (χ1n) is 12.3. The van der Waals surface area contributed by atoms with Crippen LogP contribution in [0.5, 0.6) is 5.75 Å². The van der Waals surface area contributed by atoms with Crippen LogP contribution in [0.4, 0.5) is 4.39 Å². The van der Waals surface area contributed by atoms with Crippen molar-refractivity contribution in [1.82, 2.24) is 25.2 Å². The van der Waals surface area contributed by atoms with Crippen LogP contribution < -0.4 is 16.2 Å². The number of carbonyl (C=O) groups excluding carboxylic acids is 2. The van der Waals surface area contributed by atoms with Crippen LogP contribution in [-0.4, -0.2) is 67.7 Å². The Morgan fingerprint density at radius 2 is 1.92 bits per heavy atom. The summed E-state index contributed by atoms with van der Waals surface area (Å²) in [5.41, 5.74) is 2.97. The van der Waals surface area contributed by atoms with Gasteiger partial charge in [0.25, 0.3) is 11.8 Å². The van der Waals surface area contributed by atoms with Crippen molar-refractivity contribution in [3.8, 4) is 5.75 Å². The second-order valence-corrected chi connectivity index (χ2v) is 10.8. The highest BCUT2D eigenvalue weighted by Gasteiger charge is 2.41. The molecule has 1 aromatic heterocycles. The Kier molecular flexibility index (Phi) is 7.05. The number of fused-ring (bicyclic) bond motifs is 2. The Balaban J connectivity index is 1.40. The lowest BCUT2D eigenvalue weighted by Crippen LogP contribution is -2.61. The molecule has 0 bridgehead atoms. The van der Waals surface area contributed by atoms with Crippen LogP contribution in [0.2, 0.25) is 0 Å². The summed E-state index contributed by atoms with van der Waals surface area (Å²) < 4.78 is 14.6. The van der Waals surface area contributed by atoms with Crippen molar-refractivity contribution >= 4 is 23.6 Å². The number of aromatic hydroxyl groups is 1. The molecule has 2 saturated heterocycles. The molecule has 3 N–H and O–H groups in total. The molecule has 2 unspecified atom stereocenters. The quantitative estimate of drug-likeness (QED) is 0.571. The standard InChI is InChI=1S/C25H30FN5O4S/c1-15-6-9-30(18-7-10-36-11-8-18)28-20-14-29-13-19(22(32)23(33)21(29)25(35)31(15)20)24(34)27-12-16-2-4-17(26)5-3-16/h2-5,13,15,18,20,28,33H,6-12,14H2,1H3,(H,27,34). The normalized spacial score (nSPS) is 23.1. The average molecular weight is 516 g/mol. The third-order valence-electron chi connectivity index (χ3n) is 7.22. The largest absolute Gasteiger partial charge is 0.503 e. The number of halogens is 1. The van der Waals surface area contributed by atoms with Gasteiger partial charge in [-0.1, -0.05) is 12.1 Å². The first kappa shape index (κ1) is 24.8. The van der Waals surface area contributed by atoms with Crippen LogP contribution >= 0.6 is 11.8 Å². The van der Waals surface area contributed by atoms with Gasteiger partial charge in [0.05, 0.1) is 6.54 Å². The molecule has 0 spiro atoms. The predicted octanol–water partition coefficient (Wildman–Crippen LogP) is 1.90. The highest BCUT2D eigenvalue weighted by Crippen LogP contribution is 2.29. The molecular weight excluding hydrogens is 485 g/mol. The molecule has 11 heteroatoms. The summed E-state index contributed by atoms with van der Waals surface area (Å²) in [5, 5.41) is 15.6. The van der Waals surface area contributed by atoms with Crippen LogP contribution in [-0.2, 0) is 13.1 Å². The lowest BCUT2D eigenvalue weighted by atomic mass is 10.1. The summed E-state index contributed by atoms with van der Waals surface area (Å²) in [7, 11) is 0. The van der Waals surface area contributed by atoms with Gasteiger partial charge in [-0.15, -0.1) is 0 Å². The Morgan fingerprint density at radius 3 is 2.64 bits per heavy atom. The number of rotatable bonds is 4. The minimum Gasteiger partial charge on any atom is -0.503 e. The number of hydrogen-bond donors (Lipinski definition) is 3. The van der Waals surface area contributed by atoms with Gasteiger partial charge in [-0.25, -0.2) is 14.8 Å². The van der Waals surface area contributed by atoms with Crippen molar-refractivity contribution in [3.05, 3.63) is 63.3 Å². The van der Waals surface area contributed by atoms with Crippen molar-refractivity contribution in [2.45, 2.75) is 57.5 Å². The number of carbonyl (C=O) groups is 2. The maximum Gasteiger partial charge on any atom is 0.276 e. The fourth-order valence-corrected chi connectivity index (χ4v) is 6.30. The van der Waals surface area contributed by atoms with E-state index in [1.54, 1.807) is 4.90 Å². The van der Waals surface area contributed by atoms with Crippen LogP contribution in [0.15, 0.2) is 35.3 Å². The monoisotopic (exact) mass is 515 g/mol. The molecular formula is C25H30FN5O4S. The lowest BCUT2D eigenvalue weighted by Gasteiger charge is -2.42. The van der Waals surface area contributed by atoms with Gasteiger partial charge in [-0.2, -0.15) is 11.8 Å². The minimum atomic E-state index is -0.888. The number of nitrogens with one attached hydrogen (secondary N) is 2. The summed E-state index contributed by atoms with van der Waals surface area (Å²) in [6.45, 7) is 3.15. The molecule has 0 saturated carbocycles. The third-order valence-corrected chi connectivity index (χ3v) is 8.27. The number of benzene rings is 1. The SMILES string of the molecule is CC1CCN(C2CCSCC2)NC2Cn3cc(C(=O)NCc4ccc(F)cc4)c(=O)c(O)c3C(=O)N12. The first-order chi connectivity index (χ1) is 17.3. The predicted molar refractivity (Wildman–Crippen MR) is 134 cm³/mol. The fourth-order valence-electron chi connectivity index (χ4n) is 5.21. The van der Waals surface area contributed by atoms with Gasteiger partial charge < -0.3 is 19.9 Å². The second-order valence-electron chi connectivity index (χ2n) is 9.56. The van der Waals surface area contributed by atoms with E-state index in [4.69, 9.17) is 0 Å². The van der Waals surface area contributed by atoms with Crippen LogP contribution in [0.1, 0.15) is 52.6 Å². The van der Waals surface area contributed by atoms with Gasteiger partial charge in [0.15, 0.2) is 11.4 Å². The van der Waals surface area contributed by atoms with Gasteiger partial charge in [-0.3, -0.25) is 14.4 Å². The zero-order valence-corrected chi connectivity index (χ0v) is 20.9. The van der Waals surface area contributed by atoms with E-state index in [1.165, 1.54) is 35.0 Å². The van der Waals surface area contributed by atoms with E-state index in [9.17, 15) is 23.9 Å². The van der Waals surface area contributed by atoms with Gasteiger partial charge in [0.1, 0.15) is 17.5 Å². The molecule has 36 heavy (non-hydrogen) atoms. The molecule has 3 aliphatic rings. The van der Waals surface area contributed by atoms with E-state index >= 15 is 0 Å². The Labute approximate surface area is 212 Å².